The fourth-order valence-corrected chi connectivity index (χ4v) is 1.28. The van der Waals surface area contributed by atoms with Crippen LogP contribution in [-0.2, 0) is 4.74 Å². The van der Waals surface area contributed by atoms with E-state index in [4.69, 9.17) is 5.26 Å². The first kappa shape index (κ1) is 10.5. The molecular formula is C9H6BrNO3. The summed E-state index contributed by atoms with van der Waals surface area (Å²) in [5, 5.41) is 18.0. The average Bonchev–Trinajstić information content (AvgIpc) is 2.20. The number of benzene rings is 1. The molecule has 1 N–H and O–H groups in total. The van der Waals surface area contributed by atoms with Gasteiger partial charge in [-0.25, -0.2) is 4.79 Å². The zero-order valence-corrected chi connectivity index (χ0v) is 8.83. The lowest BCUT2D eigenvalue weighted by atomic mass is 10.1. The van der Waals surface area contributed by atoms with E-state index in [1.165, 1.54) is 19.2 Å². The molecule has 0 spiro atoms. The van der Waals surface area contributed by atoms with Crippen molar-refractivity contribution in [2.75, 3.05) is 7.11 Å². The van der Waals surface area contributed by atoms with E-state index in [1.807, 2.05) is 6.07 Å². The third kappa shape index (κ3) is 1.86. The van der Waals surface area contributed by atoms with Gasteiger partial charge in [-0.1, -0.05) is 0 Å². The van der Waals surface area contributed by atoms with E-state index in [0.29, 0.717) is 4.47 Å². The maximum atomic E-state index is 11.2. The summed E-state index contributed by atoms with van der Waals surface area (Å²) in [4.78, 5) is 11.2. The molecule has 0 aliphatic rings. The van der Waals surface area contributed by atoms with Crippen molar-refractivity contribution in [3.63, 3.8) is 0 Å². The lowest BCUT2D eigenvalue weighted by molar-refractivity contribution is 0.0600. The number of hydrogen-bond donors (Lipinski definition) is 1. The van der Waals surface area contributed by atoms with Gasteiger partial charge in [0, 0.05) is 0 Å². The molecule has 0 amide bonds. The van der Waals surface area contributed by atoms with Gasteiger partial charge in [0.1, 0.15) is 11.8 Å². The monoisotopic (exact) mass is 255 g/mol. The van der Waals surface area contributed by atoms with Crippen LogP contribution in [0.15, 0.2) is 16.6 Å². The smallest absolute Gasteiger partial charge is 0.339 e. The summed E-state index contributed by atoms with van der Waals surface area (Å²) in [5.74, 6) is -0.756. The molecule has 0 heterocycles. The van der Waals surface area contributed by atoms with Crippen molar-refractivity contribution in [3.05, 3.63) is 27.7 Å². The number of esters is 1. The van der Waals surface area contributed by atoms with Gasteiger partial charge in [-0.05, 0) is 28.1 Å². The lowest BCUT2D eigenvalue weighted by Crippen LogP contribution is -2.03. The van der Waals surface area contributed by atoms with E-state index in [1.54, 1.807) is 0 Å². The maximum Gasteiger partial charge on any atom is 0.339 e. The standard InChI is InChI=1S/C9H6BrNO3/c1-14-9(13)6-3-8(12)7(10)2-5(6)4-11/h2-3,12H,1H3. The first-order valence-electron chi connectivity index (χ1n) is 3.61. The zero-order valence-electron chi connectivity index (χ0n) is 7.24. The Morgan fingerprint density at radius 3 is 2.79 bits per heavy atom. The SMILES string of the molecule is COC(=O)c1cc(O)c(Br)cc1C#N. The largest absolute Gasteiger partial charge is 0.507 e. The molecular weight excluding hydrogens is 250 g/mol. The van der Waals surface area contributed by atoms with Crippen LogP contribution in [-0.4, -0.2) is 18.2 Å². The van der Waals surface area contributed by atoms with Crippen molar-refractivity contribution < 1.29 is 14.6 Å². The number of rotatable bonds is 1. The number of ether oxygens (including phenoxy) is 1. The summed E-state index contributed by atoms with van der Waals surface area (Å²) >= 11 is 3.04. The van der Waals surface area contributed by atoms with Gasteiger partial charge in [0.25, 0.3) is 0 Å². The molecule has 0 saturated carbocycles. The van der Waals surface area contributed by atoms with Gasteiger partial charge in [0.15, 0.2) is 0 Å². The van der Waals surface area contributed by atoms with Gasteiger partial charge in [-0.15, -0.1) is 0 Å². The molecule has 0 aliphatic carbocycles. The van der Waals surface area contributed by atoms with Crippen LogP contribution in [0.25, 0.3) is 0 Å². The Kier molecular flexibility index (Phi) is 3.10. The van der Waals surface area contributed by atoms with Crippen LogP contribution in [0.2, 0.25) is 0 Å². The number of methoxy groups -OCH3 is 1. The molecule has 0 radical (unpaired) electrons. The number of phenolic OH excluding ortho intramolecular Hbond substituents is 1. The quantitative estimate of drug-likeness (QED) is 0.778. The van der Waals surface area contributed by atoms with Gasteiger partial charge in [0.05, 0.1) is 22.7 Å². The predicted octanol–water partition coefficient (Wildman–Crippen LogP) is 1.81. The summed E-state index contributed by atoms with van der Waals surface area (Å²) in [6.45, 7) is 0. The maximum absolute atomic E-state index is 11.2. The molecule has 0 atom stereocenters. The number of nitrogens with zero attached hydrogens (tertiary/aromatic N) is 1. The van der Waals surface area contributed by atoms with Crippen LogP contribution in [0.4, 0.5) is 0 Å². The third-order valence-electron chi connectivity index (χ3n) is 1.61. The first-order chi connectivity index (χ1) is 6.60. The summed E-state index contributed by atoms with van der Waals surface area (Å²) in [7, 11) is 1.21. The van der Waals surface area contributed by atoms with Crippen LogP contribution in [0, 0.1) is 11.3 Å². The van der Waals surface area contributed by atoms with Gasteiger partial charge >= 0.3 is 5.97 Å². The molecule has 0 unspecified atom stereocenters. The summed E-state index contributed by atoms with van der Waals surface area (Å²) in [5.41, 5.74) is 0.206. The fourth-order valence-electron chi connectivity index (χ4n) is 0.933. The van der Waals surface area contributed by atoms with E-state index < -0.39 is 5.97 Å². The lowest BCUT2D eigenvalue weighted by Gasteiger charge is -2.03. The Bertz CT molecular complexity index is 423. The molecule has 0 fully saturated rings. The fraction of sp³-hybridized carbons (Fsp3) is 0.111. The van der Waals surface area contributed by atoms with E-state index in [-0.39, 0.29) is 16.9 Å². The number of nitriles is 1. The highest BCUT2D eigenvalue weighted by Crippen LogP contribution is 2.27. The second-order valence-electron chi connectivity index (χ2n) is 2.45. The van der Waals surface area contributed by atoms with Crippen molar-refractivity contribution in [1.82, 2.24) is 0 Å². The van der Waals surface area contributed by atoms with Crippen molar-refractivity contribution in [1.29, 1.82) is 5.26 Å². The summed E-state index contributed by atoms with van der Waals surface area (Å²) in [6, 6.07) is 4.39. The summed E-state index contributed by atoms with van der Waals surface area (Å²) < 4.78 is 4.82. The molecule has 0 bridgehead atoms. The van der Waals surface area contributed by atoms with Crippen molar-refractivity contribution >= 4 is 21.9 Å². The minimum absolute atomic E-state index is 0.0516. The second kappa shape index (κ2) is 4.11. The Morgan fingerprint density at radius 2 is 2.29 bits per heavy atom. The minimum atomic E-state index is -0.649. The van der Waals surface area contributed by atoms with Crippen LogP contribution in [0.1, 0.15) is 15.9 Å². The molecule has 0 saturated heterocycles. The van der Waals surface area contributed by atoms with Gasteiger partial charge in [-0.2, -0.15) is 5.26 Å². The second-order valence-corrected chi connectivity index (χ2v) is 3.31. The van der Waals surface area contributed by atoms with Crippen LogP contribution in [0.3, 0.4) is 0 Å². The topological polar surface area (TPSA) is 70.3 Å². The van der Waals surface area contributed by atoms with Gasteiger partial charge < -0.3 is 9.84 Å². The van der Waals surface area contributed by atoms with Gasteiger partial charge in [-0.3, -0.25) is 0 Å². The average molecular weight is 256 g/mol. The predicted molar refractivity (Wildman–Crippen MR) is 51.9 cm³/mol. The van der Waals surface area contributed by atoms with E-state index in [9.17, 15) is 9.90 Å². The highest BCUT2D eigenvalue weighted by atomic mass is 79.9. The van der Waals surface area contributed by atoms with Crippen LogP contribution < -0.4 is 0 Å². The molecule has 5 heteroatoms. The minimum Gasteiger partial charge on any atom is -0.507 e. The van der Waals surface area contributed by atoms with Gasteiger partial charge in [0.2, 0.25) is 0 Å². The number of phenols is 1. The number of aromatic hydroxyl groups is 1. The number of carbonyl (C=O) groups excluding carboxylic acids is 1. The molecule has 0 aromatic heterocycles. The van der Waals surface area contributed by atoms with Crippen molar-refractivity contribution in [3.8, 4) is 11.8 Å². The van der Waals surface area contributed by atoms with E-state index in [2.05, 4.69) is 20.7 Å². The Labute approximate surface area is 88.9 Å². The first-order valence-corrected chi connectivity index (χ1v) is 4.40. The number of carbonyl (C=O) groups is 1. The van der Waals surface area contributed by atoms with E-state index in [0.717, 1.165) is 0 Å². The number of halogens is 1. The summed E-state index contributed by atoms with van der Waals surface area (Å²) in [6.07, 6.45) is 0. The molecule has 1 rings (SSSR count). The Balaban J connectivity index is 3.36. The van der Waals surface area contributed by atoms with Crippen molar-refractivity contribution in [2.24, 2.45) is 0 Å². The normalized spacial score (nSPS) is 9.21. The van der Waals surface area contributed by atoms with Crippen LogP contribution >= 0.6 is 15.9 Å². The van der Waals surface area contributed by atoms with Crippen molar-refractivity contribution in [2.45, 2.75) is 0 Å². The third-order valence-corrected chi connectivity index (χ3v) is 2.25. The molecule has 1 aromatic carbocycles. The molecule has 0 aliphatic heterocycles. The van der Waals surface area contributed by atoms with Crippen LogP contribution in [0.5, 0.6) is 5.75 Å². The Hall–Kier alpha value is -1.54. The molecule has 14 heavy (non-hydrogen) atoms. The Morgan fingerprint density at radius 1 is 1.64 bits per heavy atom. The molecule has 1 aromatic rings. The molecule has 72 valence electrons. The highest BCUT2D eigenvalue weighted by Gasteiger charge is 2.14. The van der Waals surface area contributed by atoms with E-state index >= 15 is 0 Å². The highest BCUT2D eigenvalue weighted by molar-refractivity contribution is 9.10. The zero-order chi connectivity index (χ0) is 10.7. The molecule has 4 nitrogen and oxygen atoms in total. The number of hydrogen-bond acceptors (Lipinski definition) is 4.